The van der Waals surface area contributed by atoms with Gasteiger partial charge < -0.3 is 10.3 Å². The van der Waals surface area contributed by atoms with Gasteiger partial charge in [-0.1, -0.05) is 6.07 Å². The first kappa shape index (κ1) is 18.2. The number of nitrogens with one attached hydrogen (secondary N) is 2. The second kappa shape index (κ2) is 7.43. The number of alkyl halides is 3. The number of thiophene rings is 1. The zero-order chi connectivity index (χ0) is 18.9. The van der Waals surface area contributed by atoms with Gasteiger partial charge in [0.2, 0.25) is 5.82 Å². The van der Waals surface area contributed by atoms with Gasteiger partial charge in [0.05, 0.1) is 6.33 Å². The van der Waals surface area contributed by atoms with Crippen molar-refractivity contribution in [2.24, 2.45) is 5.92 Å². The average molecular weight is 396 g/mol. The van der Waals surface area contributed by atoms with Crippen LogP contribution in [0.4, 0.5) is 19.0 Å². The molecule has 3 aromatic heterocycles. The van der Waals surface area contributed by atoms with E-state index in [1.165, 1.54) is 11.2 Å². The second-order valence-electron chi connectivity index (χ2n) is 6.67. The normalized spacial score (nSPS) is 16.9. The molecule has 144 valence electrons. The van der Waals surface area contributed by atoms with Crippen molar-refractivity contribution in [3.8, 4) is 0 Å². The summed E-state index contributed by atoms with van der Waals surface area (Å²) in [6.45, 7) is 3.52. The Balaban J connectivity index is 1.37. The van der Waals surface area contributed by atoms with Gasteiger partial charge in [0.25, 0.3) is 0 Å². The minimum atomic E-state index is -4.60. The van der Waals surface area contributed by atoms with Crippen molar-refractivity contribution in [3.05, 3.63) is 34.5 Å². The smallest absolute Gasteiger partial charge is 0.368 e. The fourth-order valence-electron chi connectivity index (χ4n) is 3.30. The predicted octanol–water partition coefficient (Wildman–Crippen LogP) is 3.76. The number of likely N-dealkylation sites (tertiary alicyclic amines) is 1. The van der Waals surface area contributed by atoms with Crippen molar-refractivity contribution in [1.29, 1.82) is 0 Å². The number of anilines is 1. The molecule has 0 aliphatic carbocycles. The van der Waals surface area contributed by atoms with Crippen LogP contribution < -0.4 is 5.32 Å². The number of piperidine rings is 1. The number of aromatic nitrogens is 4. The van der Waals surface area contributed by atoms with E-state index in [0.29, 0.717) is 18.0 Å². The van der Waals surface area contributed by atoms with Gasteiger partial charge in [0, 0.05) is 18.0 Å². The van der Waals surface area contributed by atoms with E-state index < -0.39 is 12.0 Å². The summed E-state index contributed by atoms with van der Waals surface area (Å²) in [6.07, 6.45) is -1.27. The van der Waals surface area contributed by atoms with Gasteiger partial charge >= 0.3 is 6.18 Å². The second-order valence-corrected chi connectivity index (χ2v) is 7.71. The lowest BCUT2D eigenvalue weighted by atomic mass is 9.97. The summed E-state index contributed by atoms with van der Waals surface area (Å²) in [7, 11) is 0. The lowest BCUT2D eigenvalue weighted by Crippen LogP contribution is -2.35. The van der Waals surface area contributed by atoms with Crippen LogP contribution in [0.3, 0.4) is 0 Å². The van der Waals surface area contributed by atoms with Gasteiger partial charge in [0.15, 0.2) is 11.5 Å². The van der Waals surface area contributed by atoms with E-state index in [0.717, 1.165) is 32.5 Å². The maximum absolute atomic E-state index is 13.0. The van der Waals surface area contributed by atoms with Gasteiger partial charge in [-0.25, -0.2) is 15.0 Å². The van der Waals surface area contributed by atoms with Crippen LogP contribution in [0.25, 0.3) is 11.2 Å². The molecule has 4 rings (SSSR count). The molecule has 0 bridgehead atoms. The molecule has 0 atom stereocenters. The monoisotopic (exact) mass is 396 g/mol. The van der Waals surface area contributed by atoms with Crippen LogP contribution in [0, 0.1) is 5.92 Å². The van der Waals surface area contributed by atoms with E-state index in [2.05, 4.69) is 47.7 Å². The van der Waals surface area contributed by atoms with Crippen LogP contribution in [0.5, 0.6) is 0 Å². The Morgan fingerprint density at radius 3 is 2.78 bits per heavy atom. The molecule has 0 aromatic carbocycles. The molecule has 1 aliphatic rings. The van der Waals surface area contributed by atoms with Crippen molar-refractivity contribution in [1.82, 2.24) is 24.8 Å². The molecule has 6 nitrogen and oxygen atoms in total. The zero-order valence-corrected chi connectivity index (χ0v) is 15.3. The Morgan fingerprint density at radius 1 is 1.26 bits per heavy atom. The third kappa shape index (κ3) is 4.22. The quantitative estimate of drug-likeness (QED) is 0.687. The van der Waals surface area contributed by atoms with Crippen LogP contribution in [0.15, 0.2) is 23.8 Å². The van der Waals surface area contributed by atoms with Gasteiger partial charge in [-0.3, -0.25) is 4.90 Å². The van der Waals surface area contributed by atoms with E-state index in [9.17, 15) is 13.2 Å². The van der Waals surface area contributed by atoms with Gasteiger partial charge in [0.1, 0.15) is 5.52 Å². The summed E-state index contributed by atoms with van der Waals surface area (Å²) in [5, 5.41) is 5.16. The zero-order valence-electron chi connectivity index (χ0n) is 14.5. The van der Waals surface area contributed by atoms with E-state index in [4.69, 9.17) is 0 Å². The lowest BCUT2D eigenvalue weighted by Gasteiger charge is -2.31. The molecule has 3 aromatic rings. The highest BCUT2D eigenvalue weighted by molar-refractivity contribution is 7.09. The molecule has 2 N–H and O–H groups in total. The van der Waals surface area contributed by atoms with E-state index >= 15 is 0 Å². The Labute approximate surface area is 157 Å². The molecular weight excluding hydrogens is 377 g/mol. The molecule has 0 unspecified atom stereocenters. The van der Waals surface area contributed by atoms with Gasteiger partial charge in [-0.15, -0.1) is 11.3 Å². The summed E-state index contributed by atoms with van der Waals surface area (Å²) in [6, 6.07) is 4.20. The fraction of sp³-hybridized carbons (Fsp3) is 0.471. The first-order valence-electron chi connectivity index (χ1n) is 8.76. The maximum atomic E-state index is 13.0. The standard InChI is InChI=1S/C17H19F3N6S/c18-17(19,20)16-24-14(13-15(25-16)23-10-22-13)21-8-11-3-5-26(6-4-11)9-12-2-1-7-27-12/h1-2,7,10-11H,3-6,8-9H2,(H2,21,22,23,24,25). The molecule has 10 heteroatoms. The number of nitrogens with zero attached hydrogens (tertiary/aromatic N) is 4. The number of rotatable bonds is 5. The molecule has 0 saturated carbocycles. The summed E-state index contributed by atoms with van der Waals surface area (Å²) < 4.78 is 39.0. The largest absolute Gasteiger partial charge is 0.451 e. The van der Waals surface area contributed by atoms with Crippen LogP contribution in [-0.4, -0.2) is 44.5 Å². The van der Waals surface area contributed by atoms with Gasteiger partial charge in [-0.05, 0) is 43.3 Å². The number of fused-ring (bicyclic) bond motifs is 1. The summed E-state index contributed by atoms with van der Waals surface area (Å²) in [5.41, 5.74) is 0.420. The number of hydrogen-bond acceptors (Lipinski definition) is 6. The Bertz CT molecular complexity index is 884. The van der Waals surface area contributed by atoms with Crippen molar-refractivity contribution in [2.45, 2.75) is 25.6 Å². The highest BCUT2D eigenvalue weighted by Gasteiger charge is 2.36. The number of imidazole rings is 1. The Kier molecular flexibility index (Phi) is 5.00. The maximum Gasteiger partial charge on any atom is 0.451 e. The lowest BCUT2D eigenvalue weighted by molar-refractivity contribution is -0.144. The summed E-state index contributed by atoms with van der Waals surface area (Å²) in [4.78, 5) is 17.6. The fourth-order valence-corrected chi connectivity index (χ4v) is 4.05. The minimum absolute atomic E-state index is 0.0191. The first-order chi connectivity index (χ1) is 13.0. The van der Waals surface area contributed by atoms with Gasteiger partial charge in [-0.2, -0.15) is 13.2 Å². The first-order valence-corrected chi connectivity index (χ1v) is 9.64. The Morgan fingerprint density at radius 2 is 2.07 bits per heavy atom. The van der Waals surface area contributed by atoms with Crippen molar-refractivity contribution in [3.63, 3.8) is 0 Å². The summed E-state index contributed by atoms with van der Waals surface area (Å²) in [5.74, 6) is -0.618. The topological polar surface area (TPSA) is 69.7 Å². The molecular formula is C17H19F3N6S. The van der Waals surface area contributed by atoms with Crippen molar-refractivity contribution < 1.29 is 13.2 Å². The molecule has 1 aliphatic heterocycles. The molecule has 0 radical (unpaired) electrons. The molecule has 4 heterocycles. The van der Waals surface area contributed by atoms with Crippen molar-refractivity contribution in [2.75, 3.05) is 25.0 Å². The highest BCUT2D eigenvalue weighted by Crippen LogP contribution is 2.29. The predicted molar refractivity (Wildman–Crippen MR) is 97.5 cm³/mol. The van der Waals surface area contributed by atoms with E-state index in [-0.39, 0.29) is 11.5 Å². The molecule has 0 spiro atoms. The number of halogens is 3. The third-order valence-corrected chi connectivity index (χ3v) is 5.63. The van der Waals surface area contributed by atoms with Crippen LogP contribution in [-0.2, 0) is 12.7 Å². The third-order valence-electron chi connectivity index (χ3n) is 4.76. The minimum Gasteiger partial charge on any atom is -0.368 e. The molecule has 0 amide bonds. The number of hydrogen-bond donors (Lipinski definition) is 2. The molecule has 1 fully saturated rings. The van der Waals surface area contributed by atoms with Crippen molar-refractivity contribution >= 4 is 28.3 Å². The summed E-state index contributed by atoms with van der Waals surface area (Å²) >= 11 is 1.76. The van der Waals surface area contributed by atoms with Crippen LogP contribution in [0.1, 0.15) is 23.5 Å². The SMILES string of the molecule is FC(F)(F)c1nc(NCC2CCN(Cc3cccs3)CC2)c2[nH]cnc2n1. The average Bonchev–Trinajstić information content (AvgIpc) is 3.31. The van der Waals surface area contributed by atoms with E-state index in [1.807, 2.05) is 0 Å². The highest BCUT2D eigenvalue weighted by atomic mass is 32.1. The van der Waals surface area contributed by atoms with Crippen LogP contribution >= 0.6 is 11.3 Å². The van der Waals surface area contributed by atoms with Crippen LogP contribution in [0.2, 0.25) is 0 Å². The molecule has 1 saturated heterocycles. The Hall–Kier alpha value is -2.20. The molecule has 27 heavy (non-hydrogen) atoms. The number of H-pyrrole nitrogens is 1. The number of aromatic amines is 1. The van der Waals surface area contributed by atoms with E-state index in [1.54, 1.807) is 11.3 Å².